The van der Waals surface area contributed by atoms with Gasteiger partial charge in [0.2, 0.25) is 11.8 Å². The minimum absolute atomic E-state index is 0.0358. The number of benzene rings is 2. The van der Waals surface area contributed by atoms with Crippen molar-refractivity contribution < 1.29 is 38.6 Å². The Morgan fingerprint density at radius 3 is 2.06 bits per heavy atom. The van der Waals surface area contributed by atoms with Crippen molar-refractivity contribution in [3.8, 4) is 0 Å². The van der Waals surface area contributed by atoms with Crippen molar-refractivity contribution in [2.24, 2.45) is 5.92 Å². The van der Waals surface area contributed by atoms with E-state index in [2.05, 4.69) is 21.3 Å². The van der Waals surface area contributed by atoms with Crippen LogP contribution >= 0.6 is 0 Å². The number of nitrogens with one attached hydrogen (secondary N) is 4. The molecule has 3 rings (SSSR count). The Balaban J connectivity index is 1.71. The summed E-state index contributed by atoms with van der Waals surface area (Å²) in [6.07, 6.45) is 2.66. The first kappa shape index (κ1) is 38.0. The molecule has 48 heavy (non-hydrogen) atoms. The van der Waals surface area contributed by atoms with Gasteiger partial charge >= 0.3 is 12.1 Å². The molecule has 0 spiro atoms. The molecule has 12 heteroatoms. The minimum atomic E-state index is -1.69. The lowest BCUT2D eigenvalue weighted by Gasteiger charge is -2.32. The van der Waals surface area contributed by atoms with Crippen LogP contribution in [0.5, 0.6) is 0 Å². The van der Waals surface area contributed by atoms with Crippen LogP contribution in [0.25, 0.3) is 0 Å². The molecule has 0 heterocycles. The molecule has 5 N–H and O–H groups in total. The second-order valence-corrected chi connectivity index (χ2v) is 13.1. The molecular weight excluding hydrogens is 616 g/mol. The largest absolute Gasteiger partial charge is 0.460 e. The van der Waals surface area contributed by atoms with Crippen molar-refractivity contribution in [1.82, 2.24) is 21.3 Å². The lowest BCUT2D eigenvalue weighted by atomic mass is 9.83. The van der Waals surface area contributed by atoms with E-state index < -0.39 is 66.2 Å². The molecule has 12 nitrogen and oxygen atoms in total. The number of amides is 4. The second kappa shape index (κ2) is 18.8. The van der Waals surface area contributed by atoms with E-state index in [-0.39, 0.29) is 18.9 Å². The maximum Gasteiger partial charge on any atom is 0.408 e. The molecule has 1 saturated carbocycles. The fourth-order valence-electron chi connectivity index (χ4n) is 5.60. The zero-order valence-corrected chi connectivity index (χ0v) is 28.3. The summed E-state index contributed by atoms with van der Waals surface area (Å²) >= 11 is 0. The third-order valence-electron chi connectivity index (χ3n) is 7.98. The number of aliphatic hydroxyl groups is 1. The molecule has 262 valence electrons. The average Bonchev–Trinajstić information content (AvgIpc) is 3.07. The van der Waals surface area contributed by atoms with Gasteiger partial charge in [-0.25, -0.2) is 4.79 Å². The number of esters is 1. The first-order valence-corrected chi connectivity index (χ1v) is 16.7. The standard InChI is InChI=1S/C36H50N4O8/c1-5-15-27(31(42)34(45)37-22-28(41)47-23-24-16-9-6-10-17-24)38-32(43)29(25-18-11-7-12-19-25)39-33(44)30(26-20-13-8-14-21-26)40-35(46)48-36(2,3)4/h6-7,9-12,16-19,26-27,29-31,42H,5,8,13-15,20-23H2,1-4H3,(H,37,45)(H,38,43)(H,39,44)(H,40,46)/t27?,29-,30-,31?/m0/s1. The predicted octanol–water partition coefficient (Wildman–Crippen LogP) is 3.82. The van der Waals surface area contributed by atoms with Crippen LogP contribution in [0.15, 0.2) is 60.7 Å². The summed E-state index contributed by atoms with van der Waals surface area (Å²) in [5, 5.41) is 21.6. The number of hydrogen-bond donors (Lipinski definition) is 5. The van der Waals surface area contributed by atoms with Crippen LogP contribution in [0.3, 0.4) is 0 Å². The van der Waals surface area contributed by atoms with Gasteiger partial charge in [-0.05, 0) is 57.1 Å². The van der Waals surface area contributed by atoms with E-state index in [1.54, 1.807) is 63.2 Å². The van der Waals surface area contributed by atoms with Gasteiger partial charge < -0.3 is 35.8 Å². The fourth-order valence-corrected chi connectivity index (χ4v) is 5.60. The normalized spacial score (nSPS) is 15.9. The van der Waals surface area contributed by atoms with Crippen LogP contribution in [0.2, 0.25) is 0 Å². The number of ether oxygens (including phenoxy) is 2. The first-order valence-electron chi connectivity index (χ1n) is 16.7. The van der Waals surface area contributed by atoms with Gasteiger partial charge in [0, 0.05) is 0 Å². The molecule has 1 aliphatic carbocycles. The first-order chi connectivity index (χ1) is 22.9. The highest BCUT2D eigenvalue weighted by atomic mass is 16.6. The Labute approximate surface area is 282 Å². The second-order valence-electron chi connectivity index (χ2n) is 13.1. The maximum atomic E-state index is 13.9. The number of rotatable bonds is 15. The van der Waals surface area contributed by atoms with E-state index in [0.29, 0.717) is 12.0 Å². The van der Waals surface area contributed by atoms with Gasteiger partial charge in [0.25, 0.3) is 5.91 Å². The molecule has 2 aromatic carbocycles. The molecule has 0 aliphatic heterocycles. The lowest BCUT2D eigenvalue weighted by Crippen LogP contribution is -2.56. The Bertz CT molecular complexity index is 1340. The number of carbonyl (C=O) groups excluding carboxylic acids is 5. The van der Waals surface area contributed by atoms with Crippen LogP contribution in [0, 0.1) is 5.92 Å². The van der Waals surface area contributed by atoms with Gasteiger partial charge in [-0.2, -0.15) is 0 Å². The predicted molar refractivity (Wildman–Crippen MR) is 179 cm³/mol. The van der Waals surface area contributed by atoms with Crippen molar-refractivity contribution in [2.75, 3.05) is 6.54 Å². The molecule has 2 aromatic rings. The Morgan fingerprint density at radius 1 is 0.833 bits per heavy atom. The number of carbonyl (C=O) groups is 5. The topological polar surface area (TPSA) is 172 Å². The van der Waals surface area contributed by atoms with Crippen LogP contribution < -0.4 is 21.3 Å². The summed E-state index contributed by atoms with van der Waals surface area (Å²) in [5.41, 5.74) is 0.487. The average molecular weight is 667 g/mol. The maximum absolute atomic E-state index is 13.9. The molecule has 4 amide bonds. The minimum Gasteiger partial charge on any atom is -0.460 e. The fraction of sp³-hybridized carbons (Fsp3) is 0.528. The summed E-state index contributed by atoms with van der Waals surface area (Å²) in [5.74, 6) is -2.89. The number of hydrogen-bond acceptors (Lipinski definition) is 8. The lowest BCUT2D eigenvalue weighted by molar-refractivity contribution is -0.146. The monoisotopic (exact) mass is 666 g/mol. The number of alkyl carbamates (subject to hydrolysis) is 1. The van der Waals surface area contributed by atoms with Gasteiger partial charge in [0.05, 0.1) is 6.04 Å². The van der Waals surface area contributed by atoms with Crippen LogP contribution in [0.4, 0.5) is 4.79 Å². The molecule has 0 saturated heterocycles. The molecule has 1 aliphatic rings. The molecule has 0 aromatic heterocycles. The quantitative estimate of drug-likeness (QED) is 0.179. The third-order valence-corrected chi connectivity index (χ3v) is 7.98. The van der Waals surface area contributed by atoms with Crippen LogP contribution in [0.1, 0.15) is 89.8 Å². The highest BCUT2D eigenvalue weighted by Crippen LogP contribution is 2.28. The van der Waals surface area contributed by atoms with Crippen molar-refractivity contribution in [1.29, 1.82) is 0 Å². The summed E-state index contributed by atoms with van der Waals surface area (Å²) < 4.78 is 10.6. The summed E-state index contributed by atoms with van der Waals surface area (Å²) in [7, 11) is 0. The van der Waals surface area contributed by atoms with E-state index in [0.717, 1.165) is 37.7 Å². The summed E-state index contributed by atoms with van der Waals surface area (Å²) in [4.78, 5) is 65.5. The van der Waals surface area contributed by atoms with Gasteiger partial charge in [0.1, 0.15) is 30.8 Å². The zero-order chi connectivity index (χ0) is 35.1. The molecule has 1 fully saturated rings. The van der Waals surface area contributed by atoms with E-state index in [1.165, 1.54) is 0 Å². The Kier molecular flexibility index (Phi) is 14.9. The van der Waals surface area contributed by atoms with Gasteiger partial charge in [-0.1, -0.05) is 93.3 Å². The Hall–Kier alpha value is -4.45. The third kappa shape index (κ3) is 12.6. The van der Waals surface area contributed by atoms with E-state index in [4.69, 9.17) is 9.47 Å². The molecular formula is C36H50N4O8. The molecule has 4 atom stereocenters. The van der Waals surface area contributed by atoms with Gasteiger partial charge in [-0.15, -0.1) is 0 Å². The Morgan fingerprint density at radius 2 is 1.46 bits per heavy atom. The molecule has 0 radical (unpaired) electrons. The van der Waals surface area contributed by atoms with Crippen molar-refractivity contribution in [3.63, 3.8) is 0 Å². The van der Waals surface area contributed by atoms with Gasteiger partial charge in [-0.3, -0.25) is 19.2 Å². The zero-order valence-electron chi connectivity index (χ0n) is 28.3. The van der Waals surface area contributed by atoms with Crippen LogP contribution in [-0.2, 0) is 35.3 Å². The SMILES string of the molecule is CCCC(NC(=O)[C@@H](NC(=O)[C@@H](NC(=O)OC(C)(C)C)C1CCCCC1)c1ccccc1)C(O)C(=O)NCC(=O)OCc1ccccc1. The number of aliphatic hydroxyl groups excluding tert-OH is 1. The smallest absolute Gasteiger partial charge is 0.408 e. The van der Waals surface area contributed by atoms with Crippen LogP contribution in [-0.4, -0.2) is 65.2 Å². The molecule has 2 unspecified atom stereocenters. The van der Waals surface area contributed by atoms with Crippen molar-refractivity contribution in [2.45, 2.75) is 109 Å². The van der Waals surface area contributed by atoms with E-state index in [9.17, 15) is 29.1 Å². The van der Waals surface area contributed by atoms with E-state index in [1.807, 2.05) is 25.1 Å². The van der Waals surface area contributed by atoms with Crippen molar-refractivity contribution in [3.05, 3.63) is 71.8 Å². The summed E-state index contributed by atoms with van der Waals surface area (Å²) in [6, 6.07) is 14.5. The van der Waals surface area contributed by atoms with E-state index >= 15 is 0 Å². The van der Waals surface area contributed by atoms with Gasteiger partial charge in [0.15, 0.2) is 6.10 Å². The highest BCUT2D eigenvalue weighted by Gasteiger charge is 2.36. The highest BCUT2D eigenvalue weighted by molar-refractivity contribution is 5.93. The van der Waals surface area contributed by atoms with Crippen molar-refractivity contribution >= 4 is 29.8 Å². The summed E-state index contributed by atoms with van der Waals surface area (Å²) in [6.45, 7) is 6.60. The molecule has 0 bridgehead atoms.